The van der Waals surface area contributed by atoms with Crippen molar-refractivity contribution in [1.82, 2.24) is 9.91 Å². The summed E-state index contributed by atoms with van der Waals surface area (Å²) >= 11 is 0. The fourth-order valence-electron chi connectivity index (χ4n) is 2.11. The van der Waals surface area contributed by atoms with E-state index in [2.05, 4.69) is 12.0 Å². The SMILES string of the molecule is CCCCCCN1N=CN(CCC)C1C(F)(F)F. The zero-order valence-corrected chi connectivity index (χ0v) is 11.1. The molecule has 1 heterocycles. The van der Waals surface area contributed by atoms with Gasteiger partial charge in [0.25, 0.3) is 0 Å². The molecule has 0 N–H and O–H groups in total. The van der Waals surface area contributed by atoms with Crippen molar-refractivity contribution in [1.29, 1.82) is 0 Å². The van der Waals surface area contributed by atoms with Crippen LogP contribution in [0.2, 0.25) is 0 Å². The lowest BCUT2D eigenvalue weighted by Gasteiger charge is -2.31. The van der Waals surface area contributed by atoms with Gasteiger partial charge in [-0.25, -0.2) is 0 Å². The predicted molar refractivity (Wildman–Crippen MR) is 66.2 cm³/mol. The highest BCUT2D eigenvalue weighted by Crippen LogP contribution is 2.30. The molecule has 0 fully saturated rings. The minimum Gasteiger partial charge on any atom is -0.332 e. The van der Waals surface area contributed by atoms with Crippen molar-refractivity contribution >= 4 is 6.34 Å². The molecule has 1 unspecified atom stereocenters. The second kappa shape index (κ2) is 6.85. The highest BCUT2D eigenvalue weighted by molar-refractivity contribution is 5.57. The lowest BCUT2D eigenvalue weighted by atomic mass is 10.2. The number of hydrogen-bond donors (Lipinski definition) is 0. The third kappa shape index (κ3) is 4.07. The normalized spacial score (nSPS) is 19.9. The van der Waals surface area contributed by atoms with Gasteiger partial charge in [-0.15, -0.1) is 0 Å². The van der Waals surface area contributed by atoms with Crippen LogP contribution in [0.15, 0.2) is 5.10 Å². The van der Waals surface area contributed by atoms with E-state index in [0.29, 0.717) is 19.5 Å². The molecular weight excluding hydrogens is 243 g/mol. The predicted octanol–water partition coefficient (Wildman–Crippen LogP) is 3.43. The lowest BCUT2D eigenvalue weighted by Crippen LogP contribution is -2.50. The molecular formula is C12H22F3N3. The molecule has 1 aliphatic rings. The summed E-state index contributed by atoms with van der Waals surface area (Å²) in [5, 5.41) is 5.07. The minimum absolute atomic E-state index is 0.376. The number of alkyl halides is 3. The summed E-state index contributed by atoms with van der Waals surface area (Å²) in [6.07, 6.45) is 0.0404. The Balaban J connectivity index is 2.53. The molecule has 0 saturated heterocycles. The van der Waals surface area contributed by atoms with E-state index in [4.69, 9.17) is 0 Å². The first kappa shape index (κ1) is 15.1. The largest absolute Gasteiger partial charge is 0.429 e. The van der Waals surface area contributed by atoms with Gasteiger partial charge in [0.15, 0.2) is 0 Å². The van der Waals surface area contributed by atoms with Gasteiger partial charge in [-0.2, -0.15) is 18.3 Å². The third-order valence-electron chi connectivity index (χ3n) is 2.96. The zero-order chi connectivity index (χ0) is 13.6. The smallest absolute Gasteiger partial charge is 0.332 e. The molecule has 0 amide bonds. The van der Waals surface area contributed by atoms with Crippen LogP contribution >= 0.6 is 0 Å². The van der Waals surface area contributed by atoms with E-state index < -0.39 is 12.3 Å². The van der Waals surface area contributed by atoms with Gasteiger partial charge in [0.1, 0.15) is 6.34 Å². The Kier molecular flexibility index (Phi) is 5.75. The van der Waals surface area contributed by atoms with Crippen molar-refractivity contribution in [2.24, 2.45) is 5.10 Å². The highest BCUT2D eigenvalue weighted by atomic mass is 19.4. The maximum absolute atomic E-state index is 13.0. The van der Waals surface area contributed by atoms with Gasteiger partial charge >= 0.3 is 6.18 Å². The number of rotatable bonds is 7. The van der Waals surface area contributed by atoms with Gasteiger partial charge in [-0.3, -0.25) is 5.01 Å². The summed E-state index contributed by atoms with van der Waals surface area (Å²) in [5.74, 6) is 0. The topological polar surface area (TPSA) is 18.8 Å². The number of nitrogens with zero attached hydrogens (tertiary/aromatic N) is 3. The summed E-state index contributed by atoms with van der Waals surface area (Å²) in [6, 6.07) is 0. The van der Waals surface area contributed by atoms with Gasteiger partial charge in [-0.1, -0.05) is 33.1 Å². The number of halogens is 3. The first-order chi connectivity index (χ1) is 8.50. The van der Waals surface area contributed by atoms with Crippen LogP contribution < -0.4 is 0 Å². The summed E-state index contributed by atoms with van der Waals surface area (Å²) in [5.41, 5.74) is 0. The van der Waals surface area contributed by atoms with Crippen LogP contribution in [0, 0.1) is 0 Å². The maximum Gasteiger partial charge on any atom is 0.429 e. The van der Waals surface area contributed by atoms with Crippen molar-refractivity contribution in [3.63, 3.8) is 0 Å². The van der Waals surface area contributed by atoms with E-state index in [1.807, 2.05) is 6.92 Å². The van der Waals surface area contributed by atoms with Gasteiger partial charge in [0.05, 0.1) is 0 Å². The molecule has 0 bridgehead atoms. The van der Waals surface area contributed by atoms with Crippen LogP contribution in [0.4, 0.5) is 13.2 Å². The maximum atomic E-state index is 13.0. The first-order valence-electron chi connectivity index (χ1n) is 6.64. The fraction of sp³-hybridized carbons (Fsp3) is 0.917. The summed E-state index contributed by atoms with van der Waals surface area (Å²) in [7, 11) is 0. The molecule has 18 heavy (non-hydrogen) atoms. The van der Waals surface area contributed by atoms with Crippen LogP contribution in [0.5, 0.6) is 0 Å². The van der Waals surface area contributed by atoms with Crippen molar-refractivity contribution in [2.75, 3.05) is 13.1 Å². The molecule has 1 rings (SSSR count). The Morgan fingerprint density at radius 1 is 1.06 bits per heavy atom. The van der Waals surface area contributed by atoms with E-state index in [9.17, 15) is 13.2 Å². The van der Waals surface area contributed by atoms with E-state index in [1.165, 1.54) is 16.2 Å². The van der Waals surface area contributed by atoms with Crippen LogP contribution in [0.1, 0.15) is 46.0 Å². The minimum atomic E-state index is -4.25. The molecule has 0 aromatic rings. The average Bonchev–Trinajstić information content (AvgIpc) is 2.68. The molecule has 1 atom stereocenters. The van der Waals surface area contributed by atoms with Crippen LogP contribution in [0.3, 0.4) is 0 Å². The molecule has 0 aliphatic carbocycles. The Hall–Kier alpha value is -0.940. The molecule has 0 saturated carbocycles. The molecule has 3 nitrogen and oxygen atoms in total. The first-order valence-corrected chi connectivity index (χ1v) is 6.64. The van der Waals surface area contributed by atoms with Crippen LogP contribution in [-0.4, -0.2) is 41.7 Å². The molecule has 0 radical (unpaired) electrons. The quantitative estimate of drug-likeness (QED) is 0.657. The van der Waals surface area contributed by atoms with Crippen molar-refractivity contribution < 1.29 is 13.2 Å². The second-order valence-electron chi connectivity index (χ2n) is 4.61. The van der Waals surface area contributed by atoms with Crippen molar-refractivity contribution in [3.8, 4) is 0 Å². The van der Waals surface area contributed by atoms with Crippen molar-refractivity contribution in [3.05, 3.63) is 0 Å². The average molecular weight is 265 g/mol. The van der Waals surface area contributed by atoms with E-state index in [-0.39, 0.29) is 0 Å². The van der Waals surface area contributed by atoms with Crippen LogP contribution in [-0.2, 0) is 0 Å². The zero-order valence-electron chi connectivity index (χ0n) is 11.1. The molecule has 6 heteroatoms. The molecule has 0 aromatic heterocycles. The molecule has 1 aliphatic heterocycles. The van der Waals surface area contributed by atoms with E-state index in [1.54, 1.807) is 0 Å². The number of unbranched alkanes of at least 4 members (excludes halogenated alkanes) is 3. The monoisotopic (exact) mass is 265 g/mol. The summed E-state index contributed by atoms with van der Waals surface area (Å²) in [4.78, 5) is 1.28. The Labute approximate surface area is 107 Å². The summed E-state index contributed by atoms with van der Waals surface area (Å²) in [6.45, 7) is 4.71. The molecule has 0 spiro atoms. The van der Waals surface area contributed by atoms with Gasteiger partial charge < -0.3 is 4.90 Å². The fourth-order valence-corrected chi connectivity index (χ4v) is 2.11. The van der Waals surface area contributed by atoms with E-state index >= 15 is 0 Å². The molecule has 106 valence electrons. The second-order valence-corrected chi connectivity index (χ2v) is 4.61. The highest BCUT2D eigenvalue weighted by Gasteiger charge is 2.49. The summed E-state index contributed by atoms with van der Waals surface area (Å²) < 4.78 is 39.0. The third-order valence-corrected chi connectivity index (χ3v) is 2.96. The van der Waals surface area contributed by atoms with Crippen molar-refractivity contribution in [2.45, 2.75) is 58.3 Å². The van der Waals surface area contributed by atoms with E-state index in [0.717, 1.165) is 25.7 Å². The standard InChI is InChI=1S/C12H22F3N3/c1-3-5-6-7-9-18-11(12(13,14)15)17(8-4-2)10-16-18/h10-11H,3-9H2,1-2H3. The number of hydrazone groups is 1. The number of hydrogen-bond acceptors (Lipinski definition) is 3. The Morgan fingerprint density at radius 3 is 2.33 bits per heavy atom. The molecule has 0 aromatic carbocycles. The van der Waals surface area contributed by atoms with Gasteiger partial charge in [-0.05, 0) is 12.8 Å². The van der Waals surface area contributed by atoms with Crippen LogP contribution in [0.25, 0.3) is 0 Å². The Bertz CT molecular complexity index is 266. The Morgan fingerprint density at radius 2 is 1.78 bits per heavy atom. The van der Waals surface area contributed by atoms with Gasteiger partial charge in [0.2, 0.25) is 6.17 Å². The van der Waals surface area contributed by atoms with Gasteiger partial charge in [0, 0.05) is 13.1 Å². The lowest BCUT2D eigenvalue weighted by molar-refractivity contribution is -0.207.